The first-order valence-electron chi connectivity index (χ1n) is 11.9. The first-order chi connectivity index (χ1) is 18.3. The van der Waals surface area contributed by atoms with Crippen LogP contribution in [-0.4, -0.2) is 20.7 Å². The highest BCUT2D eigenvalue weighted by molar-refractivity contribution is 8.00. The normalized spacial score (nSPS) is 12.0. The van der Waals surface area contributed by atoms with E-state index in [0.717, 1.165) is 21.6 Å². The monoisotopic (exact) mass is 579 g/mol. The van der Waals surface area contributed by atoms with E-state index in [1.165, 1.54) is 23.1 Å². The molecule has 1 unspecified atom stereocenters. The molecule has 0 spiro atoms. The number of carbonyl (C=O) groups is 1. The van der Waals surface area contributed by atoms with Crippen LogP contribution in [0, 0.1) is 6.92 Å². The molecular weight excluding hydrogens is 557 g/mol. The van der Waals surface area contributed by atoms with E-state index >= 15 is 0 Å². The molecule has 5 nitrogen and oxygen atoms in total. The molecule has 0 aliphatic carbocycles. The van der Waals surface area contributed by atoms with Crippen molar-refractivity contribution in [1.82, 2.24) is 9.55 Å². The van der Waals surface area contributed by atoms with Crippen LogP contribution < -0.4 is 10.9 Å². The van der Waals surface area contributed by atoms with Crippen LogP contribution in [0.4, 0.5) is 5.69 Å². The van der Waals surface area contributed by atoms with E-state index in [0.29, 0.717) is 37.7 Å². The number of amides is 1. The maximum atomic E-state index is 14.1. The van der Waals surface area contributed by atoms with Crippen molar-refractivity contribution in [2.24, 2.45) is 0 Å². The number of carbonyl (C=O) groups excluding carboxylic acids is 1. The third-order valence-electron chi connectivity index (χ3n) is 6.01. The van der Waals surface area contributed by atoms with Gasteiger partial charge in [-0.1, -0.05) is 77.4 Å². The van der Waals surface area contributed by atoms with Gasteiger partial charge in [0, 0.05) is 26.2 Å². The van der Waals surface area contributed by atoms with E-state index in [2.05, 4.69) is 5.32 Å². The van der Waals surface area contributed by atoms with Gasteiger partial charge in [0.25, 0.3) is 5.56 Å². The number of thiophene rings is 1. The zero-order valence-corrected chi connectivity index (χ0v) is 23.7. The summed E-state index contributed by atoms with van der Waals surface area (Å²) in [6, 6.07) is 24.2. The summed E-state index contributed by atoms with van der Waals surface area (Å²) in [5.74, 6) is -0.195. The summed E-state index contributed by atoms with van der Waals surface area (Å²) in [4.78, 5) is 33.6. The van der Waals surface area contributed by atoms with Crippen molar-refractivity contribution in [3.63, 3.8) is 0 Å². The number of aryl methyl sites for hydroxylation is 1. The molecule has 2 heterocycles. The molecule has 3 aromatic carbocycles. The van der Waals surface area contributed by atoms with E-state index in [-0.39, 0.29) is 11.5 Å². The number of benzene rings is 3. The first-order valence-corrected chi connectivity index (χ1v) is 14.3. The van der Waals surface area contributed by atoms with Gasteiger partial charge in [-0.05, 0) is 61.4 Å². The Morgan fingerprint density at radius 3 is 2.47 bits per heavy atom. The Balaban J connectivity index is 1.57. The van der Waals surface area contributed by atoms with E-state index in [4.69, 9.17) is 28.2 Å². The Labute approximate surface area is 238 Å². The Morgan fingerprint density at radius 1 is 1.03 bits per heavy atom. The molecule has 0 fully saturated rings. The number of thioether (sulfide) groups is 1. The predicted octanol–water partition coefficient (Wildman–Crippen LogP) is 7.91. The Kier molecular flexibility index (Phi) is 7.91. The van der Waals surface area contributed by atoms with Gasteiger partial charge in [0.15, 0.2) is 5.16 Å². The molecule has 5 aromatic rings. The highest BCUT2D eigenvalue weighted by Crippen LogP contribution is 2.38. The third kappa shape index (κ3) is 5.66. The molecule has 192 valence electrons. The standard InChI is InChI=1S/C29H23Cl2N3O2S2/c1-17-24(20-9-6-10-22(31)15-20)25-27(37-17)33-29(34(28(25)36)16-19-7-4-3-5-8-19)38-18(2)26(35)32-23-13-11-21(30)12-14-23/h3-15,18H,16H2,1-2H3,(H,32,35). The Hall–Kier alpha value is -3.10. The molecule has 9 heteroatoms. The van der Waals surface area contributed by atoms with E-state index in [9.17, 15) is 9.59 Å². The van der Waals surface area contributed by atoms with Gasteiger partial charge in [-0.15, -0.1) is 11.3 Å². The Morgan fingerprint density at radius 2 is 1.76 bits per heavy atom. The number of nitrogens with zero attached hydrogens (tertiary/aromatic N) is 2. The van der Waals surface area contributed by atoms with Crippen LogP contribution in [-0.2, 0) is 11.3 Å². The second-order valence-electron chi connectivity index (χ2n) is 8.75. The number of rotatable bonds is 7. The average Bonchev–Trinajstić information content (AvgIpc) is 3.24. The van der Waals surface area contributed by atoms with Crippen molar-refractivity contribution in [1.29, 1.82) is 0 Å². The first kappa shape index (κ1) is 26.5. The number of halogens is 2. The van der Waals surface area contributed by atoms with E-state index in [1.54, 1.807) is 35.8 Å². The van der Waals surface area contributed by atoms with Gasteiger partial charge >= 0.3 is 0 Å². The second kappa shape index (κ2) is 11.3. The summed E-state index contributed by atoms with van der Waals surface area (Å²) in [7, 11) is 0. The van der Waals surface area contributed by atoms with Gasteiger partial charge in [0.2, 0.25) is 5.91 Å². The summed E-state index contributed by atoms with van der Waals surface area (Å²) in [5, 5.41) is 4.65. The van der Waals surface area contributed by atoms with Gasteiger partial charge in [-0.3, -0.25) is 14.2 Å². The largest absolute Gasteiger partial charge is 0.325 e. The quantitative estimate of drug-likeness (QED) is 0.157. The molecule has 1 atom stereocenters. The van der Waals surface area contributed by atoms with E-state index < -0.39 is 5.25 Å². The van der Waals surface area contributed by atoms with Crippen molar-refractivity contribution in [2.45, 2.75) is 30.8 Å². The van der Waals surface area contributed by atoms with Crippen LogP contribution >= 0.6 is 46.3 Å². The maximum Gasteiger partial charge on any atom is 0.263 e. The van der Waals surface area contributed by atoms with Gasteiger partial charge in [-0.25, -0.2) is 4.98 Å². The smallest absolute Gasteiger partial charge is 0.263 e. The lowest BCUT2D eigenvalue weighted by Crippen LogP contribution is -2.27. The van der Waals surface area contributed by atoms with Gasteiger partial charge in [-0.2, -0.15) is 0 Å². The van der Waals surface area contributed by atoms with Crippen molar-refractivity contribution in [2.75, 3.05) is 5.32 Å². The average molecular weight is 581 g/mol. The van der Waals surface area contributed by atoms with Crippen LogP contribution in [0.15, 0.2) is 88.8 Å². The molecule has 0 bridgehead atoms. The van der Waals surface area contributed by atoms with Crippen molar-refractivity contribution in [3.8, 4) is 11.1 Å². The van der Waals surface area contributed by atoms with Gasteiger partial charge in [0.1, 0.15) is 4.83 Å². The maximum absolute atomic E-state index is 14.1. The third-order valence-corrected chi connectivity index (χ3v) is 8.59. The molecule has 0 saturated heterocycles. The summed E-state index contributed by atoms with van der Waals surface area (Å²) < 4.78 is 1.66. The number of aromatic nitrogens is 2. The molecule has 0 saturated carbocycles. The molecule has 0 aliphatic heterocycles. The lowest BCUT2D eigenvalue weighted by molar-refractivity contribution is -0.115. The highest BCUT2D eigenvalue weighted by Gasteiger charge is 2.23. The molecule has 2 aromatic heterocycles. The van der Waals surface area contributed by atoms with Crippen molar-refractivity contribution >= 4 is 68.1 Å². The number of anilines is 1. The fourth-order valence-corrected chi connectivity index (χ4v) is 6.46. The fraction of sp³-hybridized carbons (Fsp3) is 0.138. The minimum Gasteiger partial charge on any atom is -0.325 e. The molecule has 1 amide bonds. The van der Waals surface area contributed by atoms with E-state index in [1.807, 2.05) is 61.5 Å². The van der Waals surface area contributed by atoms with Crippen LogP contribution in [0.25, 0.3) is 21.3 Å². The fourth-order valence-electron chi connectivity index (χ4n) is 4.15. The molecule has 0 radical (unpaired) electrons. The minimum atomic E-state index is -0.509. The highest BCUT2D eigenvalue weighted by atomic mass is 35.5. The molecule has 5 rings (SSSR count). The number of fused-ring (bicyclic) bond motifs is 1. The minimum absolute atomic E-state index is 0.147. The topological polar surface area (TPSA) is 64.0 Å². The number of nitrogens with one attached hydrogen (secondary N) is 1. The zero-order chi connectivity index (χ0) is 26.8. The van der Waals surface area contributed by atoms with Crippen molar-refractivity contribution < 1.29 is 4.79 Å². The summed E-state index contributed by atoms with van der Waals surface area (Å²) in [6.45, 7) is 4.12. The van der Waals surface area contributed by atoms with Gasteiger partial charge in [0.05, 0.1) is 17.2 Å². The lowest BCUT2D eigenvalue weighted by atomic mass is 10.0. The summed E-state index contributed by atoms with van der Waals surface area (Å²) in [6.07, 6.45) is 0. The van der Waals surface area contributed by atoms with Crippen LogP contribution in [0.2, 0.25) is 10.0 Å². The molecule has 38 heavy (non-hydrogen) atoms. The number of hydrogen-bond donors (Lipinski definition) is 1. The Bertz CT molecular complexity index is 1680. The van der Waals surface area contributed by atoms with Crippen molar-refractivity contribution in [3.05, 3.63) is 110 Å². The molecule has 0 aliphatic rings. The zero-order valence-electron chi connectivity index (χ0n) is 20.6. The number of hydrogen-bond acceptors (Lipinski definition) is 5. The summed E-state index contributed by atoms with van der Waals surface area (Å²) >= 11 is 15.0. The predicted molar refractivity (Wildman–Crippen MR) is 160 cm³/mol. The molecular formula is C29H23Cl2N3O2S2. The molecule has 1 N–H and O–H groups in total. The summed E-state index contributed by atoms with van der Waals surface area (Å²) in [5.41, 5.74) is 3.19. The second-order valence-corrected chi connectivity index (χ2v) is 12.1. The lowest BCUT2D eigenvalue weighted by Gasteiger charge is -2.16. The van der Waals surface area contributed by atoms with Crippen LogP contribution in [0.5, 0.6) is 0 Å². The van der Waals surface area contributed by atoms with Crippen LogP contribution in [0.1, 0.15) is 17.4 Å². The van der Waals surface area contributed by atoms with Crippen LogP contribution in [0.3, 0.4) is 0 Å². The van der Waals surface area contributed by atoms with Gasteiger partial charge < -0.3 is 5.32 Å². The SMILES string of the molecule is Cc1sc2nc(SC(C)C(=O)Nc3ccc(Cl)cc3)n(Cc3ccccc3)c(=O)c2c1-c1cccc(Cl)c1.